The van der Waals surface area contributed by atoms with E-state index in [1.165, 1.54) is 0 Å². The number of nitrogens with zero attached hydrogens (tertiary/aromatic N) is 1. The average molecular weight is 313 g/mol. The fraction of sp³-hybridized carbons (Fsp3) is 0.368. The number of hydrogen-bond acceptors (Lipinski definition) is 2. The van der Waals surface area contributed by atoms with Crippen molar-refractivity contribution in [3.05, 3.63) is 42.1 Å². The monoisotopic (exact) mass is 313 g/mol. The molecule has 0 aliphatic rings. The molecule has 0 atom stereocenters. The van der Waals surface area contributed by atoms with Gasteiger partial charge in [0.2, 0.25) is 5.91 Å². The molecule has 4 nitrogen and oxygen atoms in total. The number of carboxylic acids is 1. The number of benzene rings is 1. The summed E-state index contributed by atoms with van der Waals surface area (Å²) in [5.41, 5.74) is 1.93. The summed E-state index contributed by atoms with van der Waals surface area (Å²) in [6, 6.07) is 7.90. The number of aromatic nitrogens is 1. The Morgan fingerprint density at radius 2 is 2.00 bits per heavy atom. The lowest BCUT2D eigenvalue weighted by Gasteiger charge is -2.06. The van der Waals surface area contributed by atoms with Crippen LogP contribution < -0.4 is 0 Å². The Morgan fingerprint density at radius 3 is 2.74 bits per heavy atom. The zero-order chi connectivity index (χ0) is 16.7. The maximum absolute atomic E-state index is 12.4. The summed E-state index contributed by atoms with van der Waals surface area (Å²) in [6.45, 7) is 2.16. The van der Waals surface area contributed by atoms with Crippen molar-refractivity contribution in [1.29, 1.82) is 0 Å². The molecule has 0 aliphatic carbocycles. The number of carbonyl (C=O) groups is 2. The van der Waals surface area contributed by atoms with E-state index in [0.29, 0.717) is 6.42 Å². The van der Waals surface area contributed by atoms with Gasteiger partial charge in [0.15, 0.2) is 0 Å². The maximum atomic E-state index is 12.4. The van der Waals surface area contributed by atoms with Gasteiger partial charge < -0.3 is 5.11 Å². The van der Waals surface area contributed by atoms with Crippen molar-refractivity contribution in [3.8, 4) is 0 Å². The molecule has 0 spiro atoms. The van der Waals surface area contributed by atoms with Gasteiger partial charge in [0, 0.05) is 24.4 Å². The first-order valence-corrected chi connectivity index (χ1v) is 8.15. The lowest BCUT2D eigenvalue weighted by Crippen LogP contribution is -2.10. The van der Waals surface area contributed by atoms with Gasteiger partial charge in [-0.1, -0.05) is 50.1 Å². The van der Waals surface area contributed by atoms with Crippen molar-refractivity contribution in [2.45, 2.75) is 45.4 Å². The number of unbranched alkanes of at least 4 members (excludes halogenated alkanes) is 2. The van der Waals surface area contributed by atoms with E-state index < -0.39 is 5.97 Å². The van der Waals surface area contributed by atoms with Crippen molar-refractivity contribution in [2.24, 2.45) is 0 Å². The highest BCUT2D eigenvalue weighted by Gasteiger charge is 2.11. The highest BCUT2D eigenvalue weighted by molar-refractivity contribution is 5.97. The molecular weight excluding hydrogens is 290 g/mol. The van der Waals surface area contributed by atoms with E-state index in [0.717, 1.165) is 35.7 Å². The minimum absolute atomic E-state index is 0.0225. The van der Waals surface area contributed by atoms with E-state index in [4.69, 9.17) is 5.11 Å². The van der Waals surface area contributed by atoms with Crippen LogP contribution in [0, 0.1) is 0 Å². The Balaban J connectivity index is 2.21. The average Bonchev–Trinajstić information content (AvgIpc) is 2.96. The van der Waals surface area contributed by atoms with Crippen LogP contribution in [0.25, 0.3) is 17.0 Å². The van der Waals surface area contributed by atoms with Gasteiger partial charge >= 0.3 is 5.97 Å². The molecule has 1 N–H and O–H groups in total. The summed E-state index contributed by atoms with van der Waals surface area (Å²) < 4.78 is 1.65. The van der Waals surface area contributed by atoms with Gasteiger partial charge in [-0.15, -0.1) is 0 Å². The van der Waals surface area contributed by atoms with E-state index in [1.807, 2.05) is 24.3 Å². The zero-order valence-corrected chi connectivity index (χ0v) is 13.5. The molecule has 0 radical (unpaired) electrons. The molecule has 2 aromatic rings. The smallest absolute Gasteiger partial charge is 0.303 e. The number of carboxylic acid groups (broad SMARTS) is 1. The quantitative estimate of drug-likeness (QED) is 0.716. The first kappa shape index (κ1) is 17.0. The molecule has 0 fully saturated rings. The first-order chi connectivity index (χ1) is 11.1. The molecule has 122 valence electrons. The van der Waals surface area contributed by atoms with E-state index in [2.05, 4.69) is 19.1 Å². The summed E-state index contributed by atoms with van der Waals surface area (Å²) in [5.74, 6) is -0.926. The SMILES string of the molecule is CCCC/C=C/c1cccc2ccn(C(=O)CCCC(=O)O)c12. The van der Waals surface area contributed by atoms with Gasteiger partial charge in [0.1, 0.15) is 0 Å². The van der Waals surface area contributed by atoms with Crippen molar-refractivity contribution < 1.29 is 14.7 Å². The minimum atomic E-state index is -0.866. The number of fused-ring (bicyclic) bond motifs is 1. The molecule has 0 saturated carbocycles. The summed E-state index contributed by atoms with van der Waals surface area (Å²) in [6.07, 6.45) is 9.95. The summed E-state index contributed by atoms with van der Waals surface area (Å²) in [4.78, 5) is 23.0. The number of hydrogen-bond donors (Lipinski definition) is 1. The number of aliphatic carboxylic acids is 1. The van der Waals surface area contributed by atoms with Crippen molar-refractivity contribution in [2.75, 3.05) is 0 Å². The van der Waals surface area contributed by atoms with E-state index in [1.54, 1.807) is 10.8 Å². The topological polar surface area (TPSA) is 59.3 Å². The van der Waals surface area contributed by atoms with Gasteiger partial charge in [-0.2, -0.15) is 0 Å². The molecule has 1 heterocycles. The summed E-state index contributed by atoms with van der Waals surface area (Å²) in [5, 5.41) is 9.71. The second kappa shape index (κ2) is 8.32. The molecule has 0 bridgehead atoms. The lowest BCUT2D eigenvalue weighted by atomic mass is 10.1. The fourth-order valence-corrected chi connectivity index (χ4v) is 2.61. The fourth-order valence-electron chi connectivity index (χ4n) is 2.61. The standard InChI is InChI=1S/C19H23NO3/c1-2-3-4-5-8-15-9-6-10-16-13-14-20(19(15)16)17(21)11-7-12-18(22)23/h5-6,8-10,13-14H,2-4,7,11-12H2,1H3,(H,22,23)/b8-5+. The molecular formula is C19H23NO3. The van der Waals surface area contributed by atoms with Crippen LogP contribution in [0.1, 0.15) is 55.8 Å². The zero-order valence-electron chi connectivity index (χ0n) is 13.5. The normalized spacial score (nSPS) is 11.3. The lowest BCUT2D eigenvalue weighted by molar-refractivity contribution is -0.137. The highest BCUT2D eigenvalue weighted by atomic mass is 16.4. The van der Waals surface area contributed by atoms with Crippen LogP contribution in [0.2, 0.25) is 0 Å². The second-order valence-corrected chi connectivity index (χ2v) is 5.66. The summed E-state index contributed by atoms with van der Waals surface area (Å²) >= 11 is 0. The van der Waals surface area contributed by atoms with Crippen LogP contribution in [0.15, 0.2) is 36.5 Å². The third-order valence-electron chi connectivity index (χ3n) is 3.81. The molecule has 1 aromatic carbocycles. The molecule has 2 rings (SSSR count). The Hall–Kier alpha value is -2.36. The molecule has 0 saturated heterocycles. The minimum Gasteiger partial charge on any atom is -0.481 e. The number of allylic oxidation sites excluding steroid dienone is 1. The Kier molecular flexibility index (Phi) is 6.15. The van der Waals surface area contributed by atoms with Crippen LogP contribution in [-0.4, -0.2) is 21.6 Å². The van der Waals surface area contributed by atoms with Gasteiger partial charge in [-0.05, 0) is 24.5 Å². The predicted molar refractivity (Wildman–Crippen MR) is 92.6 cm³/mol. The number of rotatable bonds is 8. The second-order valence-electron chi connectivity index (χ2n) is 5.66. The number of carbonyl (C=O) groups excluding carboxylic acids is 1. The van der Waals surface area contributed by atoms with Crippen LogP contribution >= 0.6 is 0 Å². The highest BCUT2D eigenvalue weighted by Crippen LogP contribution is 2.22. The maximum Gasteiger partial charge on any atom is 0.303 e. The molecule has 23 heavy (non-hydrogen) atoms. The van der Waals surface area contributed by atoms with Crippen LogP contribution in [0.3, 0.4) is 0 Å². The van der Waals surface area contributed by atoms with E-state index >= 15 is 0 Å². The van der Waals surface area contributed by atoms with Crippen LogP contribution in [0.4, 0.5) is 0 Å². The first-order valence-electron chi connectivity index (χ1n) is 8.15. The Morgan fingerprint density at radius 1 is 1.17 bits per heavy atom. The Bertz CT molecular complexity index is 712. The molecule has 0 unspecified atom stereocenters. The molecule has 0 aliphatic heterocycles. The third kappa shape index (κ3) is 4.55. The van der Waals surface area contributed by atoms with E-state index in [-0.39, 0.29) is 18.7 Å². The van der Waals surface area contributed by atoms with Gasteiger partial charge in [0.05, 0.1) is 5.52 Å². The van der Waals surface area contributed by atoms with Gasteiger partial charge in [-0.3, -0.25) is 14.2 Å². The van der Waals surface area contributed by atoms with Gasteiger partial charge in [-0.25, -0.2) is 0 Å². The Labute approximate surface area is 136 Å². The van der Waals surface area contributed by atoms with Crippen LogP contribution in [-0.2, 0) is 4.79 Å². The molecule has 4 heteroatoms. The van der Waals surface area contributed by atoms with E-state index in [9.17, 15) is 9.59 Å². The predicted octanol–water partition coefficient (Wildman–Crippen LogP) is 4.74. The largest absolute Gasteiger partial charge is 0.481 e. The third-order valence-corrected chi connectivity index (χ3v) is 3.81. The number of para-hydroxylation sites is 1. The van der Waals surface area contributed by atoms with Crippen molar-refractivity contribution in [3.63, 3.8) is 0 Å². The molecule has 1 aromatic heterocycles. The van der Waals surface area contributed by atoms with Crippen molar-refractivity contribution >= 4 is 28.9 Å². The van der Waals surface area contributed by atoms with Gasteiger partial charge in [0.25, 0.3) is 0 Å². The van der Waals surface area contributed by atoms with Crippen molar-refractivity contribution in [1.82, 2.24) is 4.57 Å². The molecule has 0 amide bonds. The van der Waals surface area contributed by atoms with Crippen LogP contribution in [0.5, 0.6) is 0 Å². The summed E-state index contributed by atoms with van der Waals surface area (Å²) in [7, 11) is 0.